The van der Waals surface area contributed by atoms with Crippen molar-refractivity contribution in [2.45, 2.75) is 77.3 Å². The van der Waals surface area contributed by atoms with Crippen molar-refractivity contribution in [1.82, 2.24) is 10.2 Å². The minimum atomic E-state index is 0.152. The van der Waals surface area contributed by atoms with Gasteiger partial charge in [0.15, 0.2) is 0 Å². The molecule has 0 heterocycles. The molecule has 0 aromatic carbocycles. The zero-order valence-corrected chi connectivity index (χ0v) is 12.9. The summed E-state index contributed by atoms with van der Waals surface area (Å²) in [5, 5.41) is 3.10. The molecule has 20 heavy (non-hydrogen) atoms. The van der Waals surface area contributed by atoms with E-state index in [-0.39, 0.29) is 23.8 Å². The lowest BCUT2D eigenvalue weighted by molar-refractivity contribution is -0.134. The van der Waals surface area contributed by atoms with E-state index in [9.17, 15) is 9.59 Å². The van der Waals surface area contributed by atoms with Crippen molar-refractivity contribution >= 4 is 11.8 Å². The zero-order valence-electron chi connectivity index (χ0n) is 12.9. The second-order valence-corrected chi connectivity index (χ2v) is 6.55. The summed E-state index contributed by atoms with van der Waals surface area (Å²) in [5.41, 5.74) is 0. The number of hydrogen-bond donors (Lipinski definition) is 1. The van der Waals surface area contributed by atoms with Gasteiger partial charge in [-0.3, -0.25) is 9.59 Å². The Balaban J connectivity index is 1.66. The fraction of sp³-hybridized carbons (Fsp3) is 0.875. The third-order valence-corrected chi connectivity index (χ3v) is 4.36. The monoisotopic (exact) mass is 280 g/mol. The topological polar surface area (TPSA) is 49.4 Å². The number of nitrogens with one attached hydrogen (secondary N) is 1. The molecule has 0 aromatic rings. The first-order chi connectivity index (χ1) is 9.58. The minimum Gasteiger partial charge on any atom is -0.353 e. The molecule has 2 amide bonds. The Labute approximate surface area is 122 Å². The normalized spacial score (nSPS) is 19.4. The Morgan fingerprint density at radius 2 is 1.80 bits per heavy atom. The fourth-order valence-electron chi connectivity index (χ4n) is 2.97. The molecule has 2 aliphatic carbocycles. The predicted octanol–water partition coefficient (Wildman–Crippen LogP) is 2.47. The van der Waals surface area contributed by atoms with Gasteiger partial charge in [-0.25, -0.2) is 0 Å². The van der Waals surface area contributed by atoms with Crippen LogP contribution in [0.1, 0.15) is 65.2 Å². The van der Waals surface area contributed by atoms with Gasteiger partial charge < -0.3 is 10.2 Å². The molecule has 0 aliphatic heterocycles. The van der Waals surface area contributed by atoms with Gasteiger partial charge in [0.05, 0.1) is 0 Å². The van der Waals surface area contributed by atoms with E-state index in [0.29, 0.717) is 19.0 Å². The van der Waals surface area contributed by atoms with Crippen molar-refractivity contribution in [2.24, 2.45) is 5.92 Å². The minimum absolute atomic E-state index is 0.152. The Hall–Kier alpha value is -1.06. The first-order valence-electron chi connectivity index (χ1n) is 8.17. The number of rotatable bonds is 7. The molecule has 1 N–H and O–H groups in total. The van der Waals surface area contributed by atoms with Gasteiger partial charge in [-0.15, -0.1) is 0 Å². The highest BCUT2D eigenvalue weighted by Crippen LogP contribution is 2.31. The number of nitrogens with zero attached hydrogens (tertiary/aromatic N) is 1. The maximum atomic E-state index is 12.1. The lowest BCUT2D eigenvalue weighted by atomic mass is 10.2. The van der Waals surface area contributed by atoms with Gasteiger partial charge in [-0.05, 0) is 46.0 Å². The van der Waals surface area contributed by atoms with Crippen molar-refractivity contribution in [3.05, 3.63) is 0 Å². The van der Waals surface area contributed by atoms with Crippen LogP contribution in [0.4, 0.5) is 0 Å². The second kappa shape index (κ2) is 7.09. The summed E-state index contributed by atoms with van der Waals surface area (Å²) in [5.74, 6) is 0.709. The third kappa shape index (κ3) is 4.50. The quantitative estimate of drug-likeness (QED) is 0.779. The van der Waals surface area contributed by atoms with Crippen LogP contribution in [0.2, 0.25) is 0 Å². The lowest BCUT2D eigenvalue weighted by Crippen LogP contribution is -2.39. The molecule has 0 aromatic heterocycles. The third-order valence-electron chi connectivity index (χ3n) is 4.36. The van der Waals surface area contributed by atoms with Crippen molar-refractivity contribution in [1.29, 1.82) is 0 Å². The molecule has 0 spiro atoms. The molecule has 4 heteroatoms. The summed E-state index contributed by atoms with van der Waals surface area (Å²) in [7, 11) is 0. The highest BCUT2D eigenvalue weighted by Gasteiger charge is 2.34. The van der Waals surface area contributed by atoms with Crippen LogP contribution in [0.5, 0.6) is 0 Å². The van der Waals surface area contributed by atoms with E-state index in [4.69, 9.17) is 0 Å². The van der Waals surface area contributed by atoms with Crippen molar-refractivity contribution in [3.63, 3.8) is 0 Å². The maximum Gasteiger partial charge on any atom is 0.225 e. The summed E-state index contributed by atoms with van der Waals surface area (Å²) in [6.07, 6.45) is 8.14. The zero-order chi connectivity index (χ0) is 14.5. The first-order valence-corrected chi connectivity index (χ1v) is 8.17. The Bertz CT molecular complexity index is 344. The van der Waals surface area contributed by atoms with E-state index >= 15 is 0 Å². The average Bonchev–Trinajstić information content (AvgIpc) is 3.13. The van der Waals surface area contributed by atoms with Gasteiger partial charge >= 0.3 is 0 Å². The summed E-state index contributed by atoms with van der Waals surface area (Å²) in [6, 6.07) is 0.637. The Kier molecular flexibility index (Phi) is 5.44. The molecule has 0 unspecified atom stereocenters. The molecule has 0 atom stereocenters. The molecule has 2 rings (SSSR count). The standard InChI is InChI=1S/C16H28N2O2/c1-12(2)18(16(20)13-9-10-13)11-5-8-15(19)17-14-6-3-4-7-14/h12-14H,3-11H2,1-2H3,(H,17,19). The molecule has 0 saturated heterocycles. The number of amides is 2. The summed E-state index contributed by atoms with van der Waals surface area (Å²) in [6.45, 7) is 4.82. The van der Waals surface area contributed by atoms with E-state index in [1.807, 2.05) is 4.90 Å². The number of carbonyl (C=O) groups is 2. The largest absolute Gasteiger partial charge is 0.353 e. The maximum absolute atomic E-state index is 12.1. The summed E-state index contributed by atoms with van der Waals surface area (Å²) in [4.78, 5) is 25.9. The molecule has 2 aliphatic rings. The van der Waals surface area contributed by atoms with Crippen LogP contribution in [0.15, 0.2) is 0 Å². The predicted molar refractivity (Wildman–Crippen MR) is 79.2 cm³/mol. The Morgan fingerprint density at radius 1 is 1.15 bits per heavy atom. The smallest absolute Gasteiger partial charge is 0.225 e. The average molecular weight is 280 g/mol. The van der Waals surface area contributed by atoms with Crippen LogP contribution in [0.3, 0.4) is 0 Å². The fourth-order valence-corrected chi connectivity index (χ4v) is 2.97. The molecular formula is C16H28N2O2. The van der Waals surface area contributed by atoms with Gasteiger partial charge in [0, 0.05) is 31.0 Å². The van der Waals surface area contributed by atoms with Gasteiger partial charge in [0.2, 0.25) is 11.8 Å². The van der Waals surface area contributed by atoms with Crippen LogP contribution in [0, 0.1) is 5.92 Å². The lowest BCUT2D eigenvalue weighted by Gasteiger charge is -2.27. The van der Waals surface area contributed by atoms with E-state index in [0.717, 1.165) is 32.1 Å². The van der Waals surface area contributed by atoms with Crippen LogP contribution >= 0.6 is 0 Å². The van der Waals surface area contributed by atoms with Gasteiger partial charge in [-0.2, -0.15) is 0 Å². The van der Waals surface area contributed by atoms with Crippen LogP contribution in [-0.2, 0) is 9.59 Å². The molecular weight excluding hydrogens is 252 g/mol. The van der Waals surface area contributed by atoms with Crippen molar-refractivity contribution in [3.8, 4) is 0 Å². The molecule has 0 bridgehead atoms. The number of hydrogen-bond acceptors (Lipinski definition) is 2. The van der Waals surface area contributed by atoms with Crippen molar-refractivity contribution < 1.29 is 9.59 Å². The van der Waals surface area contributed by atoms with Crippen LogP contribution in [-0.4, -0.2) is 35.3 Å². The van der Waals surface area contributed by atoms with Crippen LogP contribution in [0.25, 0.3) is 0 Å². The van der Waals surface area contributed by atoms with E-state index in [1.54, 1.807) is 0 Å². The highest BCUT2D eigenvalue weighted by molar-refractivity contribution is 5.81. The van der Waals surface area contributed by atoms with Crippen LogP contribution < -0.4 is 5.32 Å². The second-order valence-electron chi connectivity index (χ2n) is 6.55. The first kappa shape index (κ1) is 15.3. The van der Waals surface area contributed by atoms with E-state index in [2.05, 4.69) is 19.2 Å². The molecule has 2 fully saturated rings. The summed E-state index contributed by atoms with van der Waals surface area (Å²) < 4.78 is 0. The van der Waals surface area contributed by atoms with E-state index in [1.165, 1.54) is 12.8 Å². The SMILES string of the molecule is CC(C)N(CCCC(=O)NC1CCCC1)C(=O)C1CC1. The highest BCUT2D eigenvalue weighted by atomic mass is 16.2. The number of carbonyl (C=O) groups excluding carboxylic acids is 2. The van der Waals surface area contributed by atoms with Gasteiger partial charge in [-0.1, -0.05) is 12.8 Å². The molecule has 2 saturated carbocycles. The Morgan fingerprint density at radius 3 is 2.35 bits per heavy atom. The van der Waals surface area contributed by atoms with Gasteiger partial charge in [0.25, 0.3) is 0 Å². The molecule has 0 radical (unpaired) electrons. The van der Waals surface area contributed by atoms with Gasteiger partial charge in [0.1, 0.15) is 0 Å². The van der Waals surface area contributed by atoms with E-state index < -0.39 is 0 Å². The molecule has 114 valence electrons. The molecule has 4 nitrogen and oxygen atoms in total. The van der Waals surface area contributed by atoms with Crippen molar-refractivity contribution in [2.75, 3.05) is 6.54 Å². The summed E-state index contributed by atoms with van der Waals surface area (Å²) >= 11 is 0.